The van der Waals surface area contributed by atoms with Gasteiger partial charge in [0.25, 0.3) is 0 Å². The summed E-state index contributed by atoms with van der Waals surface area (Å²) in [6.45, 7) is 7.23. The molecule has 13 nitrogen and oxygen atoms in total. The fourth-order valence-electron chi connectivity index (χ4n) is 2.45. The molecule has 0 aliphatic rings. The predicted molar refractivity (Wildman–Crippen MR) is 133 cm³/mol. The summed E-state index contributed by atoms with van der Waals surface area (Å²) in [5.41, 5.74) is 1.03. The van der Waals surface area contributed by atoms with Crippen molar-refractivity contribution in [1.82, 2.24) is 0 Å². The summed E-state index contributed by atoms with van der Waals surface area (Å²) >= 11 is 0. The van der Waals surface area contributed by atoms with Crippen LogP contribution in [0.1, 0.15) is 38.8 Å². The zero-order valence-corrected chi connectivity index (χ0v) is 23.7. The molecule has 0 spiro atoms. The minimum Gasteiger partial charge on any atom is -0.533 e. The van der Waals surface area contributed by atoms with Crippen molar-refractivity contribution in [3.8, 4) is 5.75 Å². The van der Waals surface area contributed by atoms with E-state index in [-0.39, 0.29) is 76.5 Å². The van der Waals surface area contributed by atoms with Gasteiger partial charge in [-0.25, -0.2) is 0 Å². The van der Waals surface area contributed by atoms with E-state index in [1.807, 2.05) is 13.8 Å². The van der Waals surface area contributed by atoms with Gasteiger partial charge in [-0.15, -0.1) is 11.6 Å². The second-order valence-electron chi connectivity index (χ2n) is 8.06. The largest absolute Gasteiger partial charge is 1.00 e. The second kappa shape index (κ2) is 19.4. The molecule has 0 atom stereocenters. The minimum atomic E-state index is -2.17. The number of carbonyl (C=O) groups is 2. The van der Waals surface area contributed by atoms with Crippen LogP contribution in [0.5, 0.6) is 5.75 Å². The van der Waals surface area contributed by atoms with Gasteiger partial charge in [-0.3, -0.25) is 25.0 Å². The fraction of sp³-hybridized carbons (Fsp3) is 0.364. The zero-order valence-electron chi connectivity index (χ0n) is 21.7. The second-order valence-corrected chi connectivity index (χ2v) is 8.06. The van der Waals surface area contributed by atoms with Gasteiger partial charge in [0.1, 0.15) is 11.6 Å². The van der Waals surface area contributed by atoms with Crippen LogP contribution in [0.25, 0.3) is 0 Å². The number of nitro groups is 2. The Hall–Kier alpha value is -2.65. The third kappa shape index (κ3) is 15.6. The molecule has 0 aliphatic heterocycles. The fourth-order valence-corrected chi connectivity index (χ4v) is 2.45. The predicted octanol–water partition coefficient (Wildman–Crippen LogP) is -1.62. The van der Waals surface area contributed by atoms with Crippen LogP contribution in [0.3, 0.4) is 0 Å². The van der Waals surface area contributed by atoms with Crippen molar-refractivity contribution < 1.29 is 73.7 Å². The van der Waals surface area contributed by atoms with Crippen molar-refractivity contribution >= 4 is 37.9 Å². The number of non-ortho nitro benzene ring substituents is 1. The molecule has 0 saturated heterocycles. The minimum absolute atomic E-state index is 0. The maximum absolute atomic E-state index is 11.6. The Balaban J connectivity index is 0. The number of ketones is 2. The average molecular weight is 541 g/mol. The van der Waals surface area contributed by atoms with Crippen molar-refractivity contribution in [1.29, 1.82) is 0 Å². The maximum Gasteiger partial charge on any atom is 1.00 e. The van der Waals surface area contributed by atoms with E-state index in [1.54, 1.807) is 19.9 Å². The molecule has 0 heterocycles. The number of nitro benzene ring substituents is 2. The molecule has 2 aromatic carbocycles. The monoisotopic (exact) mass is 541 g/mol. The molecule has 0 aliphatic carbocycles. The van der Waals surface area contributed by atoms with E-state index in [9.17, 15) is 29.8 Å². The van der Waals surface area contributed by atoms with Crippen molar-refractivity contribution in [2.45, 2.75) is 40.5 Å². The van der Waals surface area contributed by atoms with Crippen LogP contribution in [0.2, 0.25) is 0 Å². The zero-order chi connectivity index (χ0) is 28.7. The number of benzene rings is 2. The van der Waals surface area contributed by atoms with Gasteiger partial charge in [0.15, 0.2) is 11.4 Å². The van der Waals surface area contributed by atoms with Gasteiger partial charge in [-0.2, -0.15) is 12.1 Å². The molecule has 2 rings (SSSR count). The number of rotatable bonds is 10. The van der Waals surface area contributed by atoms with Crippen molar-refractivity contribution in [2.24, 2.45) is 11.8 Å². The summed E-state index contributed by atoms with van der Waals surface area (Å²) in [5, 5.41) is 51.1. The van der Waals surface area contributed by atoms with Crippen LogP contribution in [0.4, 0.5) is 11.4 Å². The Morgan fingerprint density at radius 1 is 0.947 bits per heavy atom. The summed E-state index contributed by atoms with van der Waals surface area (Å²) in [6, 6.07) is 11.1. The van der Waals surface area contributed by atoms with Gasteiger partial charge in [0.05, 0.1) is 4.92 Å². The Morgan fingerprint density at radius 2 is 1.42 bits per heavy atom. The first-order chi connectivity index (χ1) is 17.2. The first-order valence-electron chi connectivity index (χ1n) is 10.8. The Kier molecular flexibility index (Phi) is 19.2. The summed E-state index contributed by atoms with van der Waals surface area (Å²) in [5.74, 6) is -0.0502. The number of hydrogen-bond acceptors (Lipinski definition) is 11. The van der Waals surface area contributed by atoms with Crippen LogP contribution >= 0.6 is 0 Å². The molecule has 4 N–H and O–H groups in total. The summed E-state index contributed by atoms with van der Waals surface area (Å²) in [4.78, 5) is 42.9. The van der Waals surface area contributed by atoms with Gasteiger partial charge in [-0.1, -0.05) is 39.8 Å². The molecule has 2 aromatic rings. The summed E-state index contributed by atoms with van der Waals surface area (Å²) < 4.78 is 4.66. The van der Waals surface area contributed by atoms with Crippen LogP contribution in [-0.4, -0.2) is 56.5 Å². The molecule has 0 unspecified atom stereocenters. The molecular weight excluding hydrogens is 513 g/mol. The smallest absolute Gasteiger partial charge is 0.533 e. The normalized spacial score (nSPS) is 9.63. The van der Waals surface area contributed by atoms with Crippen LogP contribution in [-0.2, 0) is 22.4 Å². The third-order valence-corrected chi connectivity index (χ3v) is 4.50. The third-order valence-electron chi connectivity index (χ3n) is 4.50. The molecule has 1 radical (unpaired) electrons. The molecule has 16 heteroatoms. The number of Topliss-reactive ketones (excluding diaryl/α,β-unsaturated/α-hetero) is 2. The Morgan fingerprint density at radius 3 is 1.79 bits per heavy atom. The van der Waals surface area contributed by atoms with Gasteiger partial charge in [-0.05, 0) is 18.1 Å². The van der Waals surface area contributed by atoms with Gasteiger partial charge < -0.3 is 29.5 Å². The van der Waals surface area contributed by atoms with Crippen molar-refractivity contribution in [3.63, 3.8) is 0 Å². The first-order valence-corrected chi connectivity index (χ1v) is 10.8. The van der Waals surface area contributed by atoms with Gasteiger partial charge in [0, 0.05) is 29.2 Å². The van der Waals surface area contributed by atoms with E-state index in [1.165, 1.54) is 30.3 Å². The van der Waals surface area contributed by atoms with Crippen molar-refractivity contribution in [3.05, 3.63) is 73.8 Å². The summed E-state index contributed by atoms with van der Waals surface area (Å²) in [7, 11) is -1.80. The average Bonchev–Trinajstić information content (AvgIpc) is 2.79. The van der Waals surface area contributed by atoms with Gasteiger partial charge in [0.2, 0.25) is 0 Å². The Bertz CT molecular complexity index is 1050. The number of carbonyl (C=O) groups excluding carboxylic acids is 2. The van der Waals surface area contributed by atoms with Gasteiger partial charge >= 0.3 is 50.3 Å². The molecule has 0 saturated carbocycles. The van der Waals surface area contributed by atoms with Crippen LogP contribution < -0.4 is 34.2 Å². The van der Waals surface area contributed by atoms with E-state index in [0.29, 0.717) is 19.7 Å². The SMILES string of the molecule is CC(C)C(=O)Cc1c[c-]c([N+](=O)[O-])cc1.CC(C)C(=O)Cc1ccc([N+](=O)[O-])c(O[B]O)c1.OB(O)O.[Na+]. The Labute approximate surface area is 242 Å². The van der Waals surface area contributed by atoms with E-state index >= 15 is 0 Å². The molecular formula is C22H28B2N2NaO11. The number of nitrogens with zero attached hydrogens (tertiary/aromatic N) is 2. The van der Waals surface area contributed by atoms with Crippen molar-refractivity contribution in [2.75, 3.05) is 0 Å². The molecule has 0 aromatic heterocycles. The van der Waals surface area contributed by atoms with Crippen LogP contribution in [0.15, 0.2) is 36.4 Å². The molecule has 0 amide bonds. The first kappa shape index (κ1) is 37.5. The molecule has 0 fully saturated rings. The van der Waals surface area contributed by atoms with E-state index in [4.69, 9.17) is 20.1 Å². The van der Waals surface area contributed by atoms with Crippen LogP contribution in [0, 0.1) is 38.1 Å². The van der Waals surface area contributed by atoms with E-state index in [0.717, 1.165) is 5.56 Å². The maximum atomic E-state index is 11.6. The van der Waals surface area contributed by atoms with E-state index < -0.39 is 17.2 Å². The quantitative estimate of drug-likeness (QED) is 0.116. The molecule has 199 valence electrons. The number of hydrogen-bond donors (Lipinski definition) is 4. The summed E-state index contributed by atoms with van der Waals surface area (Å²) in [6.07, 6.45) is 0.490. The standard InChI is InChI=1S/C11H13BNO5.C11H12NO3.BH3O3.Na/c1-7(2)10(14)5-8-3-4-9(13(16)17)11(6-8)18-12-15;1-8(2)11(13)7-9-3-5-10(6-4-9)12(14)15;2-1(3)4;/h3-4,6-7,15H,5H2,1-2H3;3-5,8H,7H2,1-2H3;2-4H;/q;-1;;+1. The topological polar surface area (TPSA) is 211 Å². The molecule has 38 heavy (non-hydrogen) atoms. The van der Waals surface area contributed by atoms with E-state index in [2.05, 4.69) is 10.7 Å². The molecule has 0 bridgehead atoms.